The minimum atomic E-state index is 0.407. The van der Waals surface area contributed by atoms with Gasteiger partial charge in [-0.2, -0.15) is 24.9 Å². The Kier molecular flexibility index (Phi) is 3.64. The average molecular weight is 349 g/mol. The molecular formula is C17H19N9. The summed E-state index contributed by atoms with van der Waals surface area (Å²) in [4.78, 5) is 4.57. The molecule has 4 N–H and O–H groups in total. The maximum atomic E-state index is 4.61. The molecule has 0 amide bonds. The van der Waals surface area contributed by atoms with Gasteiger partial charge in [-0.1, -0.05) is 6.07 Å². The zero-order valence-corrected chi connectivity index (χ0v) is 14.1. The van der Waals surface area contributed by atoms with Gasteiger partial charge in [0.05, 0.1) is 0 Å². The first-order valence-corrected chi connectivity index (χ1v) is 8.76. The number of hydrogen-bond donors (Lipinski definition) is 4. The highest BCUT2D eigenvalue weighted by Gasteiger charge is 2.15. The molecule has 1 fully saturated rings. The standard InChI is InChI=1S/C17H19N9/c1-4-15(19-12-3-2-8-18-10-12)26-16(5-1)21-17(24-26)20-11-6-7-13-14(9-11)23-25-22-13/h1,4-7,9,12,18-19H,2-3,8,10H2,(H,20,24)(H,22,23,25)/t12-/m0/s1. The third-order valence-corrected chi connectivity index (χ3v) is 4.58. The van der Waals surface area contributed by atoms with Gasteiger partial charge in [0.25, 0.3) is 0 Å². The van der Waals surface area contributed by atoms with Crippen LogP contribution in [-0.4, -0.2) is 49.1 Å². The molecule has 0 unspecified atom stereocenters. The smallest absolute Gasteiger partial charge is 0.247 e. The zero-order valence-electron chi connectivity index (χ0n) is 14.1. The molecule has 9 heteroatoms. The number of nitrogens with zero attached hydrogens (tertiary/aromatic N) is 5. The number of fused-ring (bicyclic) bond motifs is 2. The summed E-state index contributed by atoms with van der Waals surface area (Å²) in [6.07, 6.45) is 2.34. The van der Waals surface area contributed by atoms with Crippen LogP contribution in [0.15, 0.2) is 36.4 Å². The predicted octanol–water partition coefficient (Wildman–Crippen LogP) is 1.91. The molecule has 4 aromatic rings. The molecule has 0 bridgehead atoms. The highest BCUT2D eigenvalue weighted by molar-refractivity contribution is 5.79. The Morgan fingerprint density at radius 2 is 2.08 bits per heavy atom. The molecule has 1 saturated heterocycles. The van der Waals surface area contributed by atoms with Crippen LogP contribution in [0.4, 0.5) is 17.5 Å². The van der Waals surface area contributed by atoms with Crippen molar-refractivity contribution in [3.8, 4) is 0 Å². The number of rotatable bonds is 4. The minimum absolute atomic E-state index is 0.407. The number of anilines is 3. The Morgan fingerprint density at radius 3 is 3.00 bits per heavy atom. The molecule has 4 heterocycles. The van der Waals surface area contributed by atoms with Crippen LogP contribution in [0.25, 0.3) is 16.7 Å². The molecule has 9 nitrogen and oxygen atoms in total. The third-order valence-electron chi connectivity index (χ3n) is 4.58. The molecule has 1 aliphatic heterocycles. The summed E-state index contributed by atoms with van der Waals surface area (Å²) in [5.74, 6) is 1.49. The second kappa shape index (κ2) is 6.26. The van der Waals surface area contributed by atoms with Crippen LogP contribution in [0.3, 0.4) is 0 Å². The Balaban J connectivity index is 1.42. The molecular weight excluding hydrogens is 330 g/mol. The Hall–Kier alpha value is -3.20. The van der Waals surface area contributed by atoms with Crippen molar-refractivity contribution < 1.29 is 0 Å². The van der Waals surface area contributed by atoms with Gasteiger partial charge in [-0.3, -0.25) is 0 Å². The van der Waals surface area contributed by atoms with Gasteiger partial charge in [0, 0.05) is 18.3 Å². The number of nitrogens with one attached hydrogen (secondary N) is 4. The summed E-state index contributed by atoms with van der Waals surface area (Å²) in [6.45, 7) is 2.06. The summed E-state index contributed by atoms with van der Waals surface area (Å²) in [5, 5.41) is 25.6. The summed E-state index contributed by atoms with van der Waals surface area (Å²) >= 11 is 0. The van der Waals surface area contributed by atoms with E-state index in [1.807, 2.05) is 40.9 Å². The normalized spacial score (nSPS) is 17.6. The van der Waals surface area contributed by atoms with E-state index >= 15 is 0 Å². The van der Waals surface area contributed by atoms with E-state index in [2.05, 4.69) is 41.4 Å². The van der Waals surface area contributed by atoms with Gasteiger partial charge in [0.1, 0.15) is 16.9 Å². The van der Waals surface area contributed by atoms with E-state index < -0.39 is 0 Å². The molecule has 26 heavy (non-hydrogen) atoms. The van der Waals surface area contributed by atoms with Crippen molar-refractivity contribution in [2.75, 3.05) is 23.7 Å². The zero-order chi connectivity index (χ0) is 17.3. The molecule has 0 aliphatic carbocycles. The van der Waals surface area contributed by atoms with Crippen LogP contribution < -0.4 is 16.0 Å². The largest absolute Gasteiger partial charge is 0.366 e. The molecule has 132 valence electrons. The molecule has 5 rings (SSSR count). The highest BCUT2D eigenvalue weighted by atomic mass is 15.4. The molecule has 1 aromatic carbocycles. The fourth-order valence-electron chi connectivity index (χ4n) is 3.30. The van der Waals surface area contributed by atoms with E-state index in [1.165, 1.54) is 6.42 Å². The van der Waals surface area contributed by atoms with Crippen LogP contribution in [0, 0.1) is 0 Å². The minimum Gasteiger partial charge on any atom is -0.366 e. The van der Waals surface area contributed by atoms with Crippen LogP contribution >= 0.6 is 0 Å². The first-order valence-electron chi connectivity index (χ1n) is 8.76. The first kappa shape index (κ1) is 15.1. The molecule has 1 atom stereocenters. The maximum absolute atomic E-state index is 4.61. The monoisotopic (exact) mass is 349 g/mol. The third kappa shape index (κ3) is 2.82. The van der Waals surface area contributed by atoms with E-state index in [4.69, 9.17) is 0 Å². The van der Waals surface area contributed by atoms with E-state index in [9.17, 15) is 0 Å². The second-order valence-electron chi connectivity index (χ2n) is 6.46. The van der Waals surface area contributed by atoms with Gasteiger partial charge in [-0.25, -0.2) is 0 Å². The lowest BCUT2D eigenvalue weighted by Crippen LogP contribution is -2.38. The highest BCUT2D eigenvalue weighted by Crippen LogP contribution is 2.20. The van der Waals surface area contributed by atoms with Crippen molar-refractivity contribution in [2.24, 2.45) is 0 Å². The van der Waals surface area contributed by atoms with Crippen LogP contribution in [0.1, 0.15) is 12.8 Å². The summed E-state index contributed by atoms with van der Waals surface area (Å²) in [5.41, 5.74) is 3.29. The van der Waals surface area contributed by atoms with Gasteiger partial charge in [0.15, 0.2) is 5.65 Å². The fourth-order valence-corrected chi connectivity index (χ4v) is 3.30. The Labute approximate surface area is 149 Å². The lowest BCUT2D eigenvalue weighted by atomic mass is 10.1. The summed E-state index contributed by atoms with van der Waals surface area (Å²) in [7, 11) is 0. The van der Waals surface area contributed by atoms with Crippen molar-refractivity contribution in [1.82, 2.24) is 35.3 Å². The topological polar surface area (TPSA) is 108 Å². The van der Waals surface area contributed by atoms with Crippen LogP contribution in [0.5, 0.6) is 0 Å². The van der Waals surface area contributed by atoms with Crippen molar-refractivity contribution in [2.45, 2.75) is 18.9 Å². The number of hydrogen-bond acceptors (Lipinski definition) is 7. The van der Waals surface area contributed by atoms with Gasteiger partial charge >= 0.3 is 0 Å². The van der Waals surface area contributed by atoms with E-state index in [-0.39, 0.29) is 0 Å². The van der Waals surface area contributed by atoms with Crippen molar-refractivity contribution in [3.63, 3.8) is 0 Å². The number of aromatic nitrogens is 6. The van der Waals surface area contributed by atoms with Crippen molar-refractivity contribution in [1.29, 1.82) is 0 Å². The van der Waals surface area contributed by atoms with Crippen molar-refractivity contribution in [3.05, 3.63) is 36.4 Å². The predicted molar refractivity (Wildman–Crippen MR) is 99.7 cm³/mol. The van der Waals surface area contributed by atoms with Gasteiger partial charge in [0.2, 0.25) is 5.95 Å². The number of aromatic amines is 1. The first-order chi connectivity index (χ1) is 12.8. The second-order valence-corrected chi connectivity index (χ2v) is 6.46. The number of pyridine rings is 1. The number of piperidine rings is 1. The van der Waals surface area contributed by atoms with Gasteiger partial charge in [-0.15, -0.1) is 5.10 Å². The Bertz CT molecular complexity index is 1040. The fraction of sp³-hybridized carbons (Fsp3) is 0.294. The lowest BCUT2D eigenvalue weighted by molar-refractivity contribution is 0.478. The lowest BCUT2D eigenvalue weighted by Gasteiger charge is -2.24. The summed E-state index contributed by atoms with van der Waals surface area (Å²) in [6, 6.07) is 12.1. The summed E-state index contributed by atoms with van der Waals surface area (Å²) < 4.78 is 1.84. The number of benzene rings is 1. The van der Waals surface area contributed by atoms with E-state index in [0.717, 1.165) is 47.7 Å². The maximum Gasteiger partial charge on any atom is 0.247 e. The number of H-pyrrole nitrogens is 1. The van der Waals surface area contributed by atoms with Gasteiger partial charge < -0.3 is 16.0 Å². The van der Waals surface area contributed by atoms with Crippen LogP contribution in [-0.2, 0) is 0 Å². The SMILES string of the molecule is c1cc(N[C@H]2CCCNC2)n2nc(Nc3ccc4n[nH]nc4c3)nc2c1. The Morgan fingerprint density at radius 1 is 1.12 bits per heavy atom. The van der Waals surface area contributed by atoms with Crippen LogP contribution in [0.2, 0.25) is 0 Å². The molecule has 0 radical (unpaired) electrons. The molecule has 0 spiro atoms. The average Bonchev–Trinajstić information content (AvgIpc) is 3.29. The van der Waals surface area contributed by atoms with Crippen molar-refractivity contribution >= 4 is 34.1 Å². The quantitative estimate of drug-likeness (QED) is 0.446. The molecule has 1 aliphatic rings. The van der Waals surface area contributed by atoms with E-state index in [0.29, 0.717) is 12.0 Å². The van der Waals surface area contributed by atoms with E-state index in [1.54, 1.807) is 0 Å². The van der Waals surface area contributed by atoms with Gasteiger partial charge in [-0.05, 0) is 49.7 Å². The molecule has 3 aromatic heterocycles. The molecule has 0 saturated carbocycles.